The average molecular weight is 357 g/mol. The van der Waals surface area contributed by atoms with Gasteiger partial charge in [0.15, 0.2) is 0 Å². The number of esters is 1. The Morgan fingerprint density at radius 3 is 2.50 bits per heavy atom. The maximum atomic E-state index is 13.2. The molecule has 0 N–H and O–H groups in total. The third kappa shape index (κ3) is 3.57. The summed E-state index contributed by atoms with van der Waals surface area (Å²) in [5.74, 6) is -0.988. The molecule has 0 unspecified atom stereocenters. The van der Waals surface area contributed by atoms with Gasteiger partial charge in [-0.2, -0.15) is 0 Å². The first kappa shape index (κ1) is 18.4. The van der Waals surface area contributed by atoms with E-state index in [1.165, 1.54) is 18.6 Å². The smallest absolute Gasteiger partial charge is 0.340 e. The van der Waals surface area contributed by atoms with E-state index in [9.17, 15) is 14.0 Å². The Balaban J connectivity index is 2.02. The van der Waals surface area contributed by atoms with Gasteiger partial charge in [0, 0.05) is 11.7 Å². The molecule has 0 spiro atoms. The summed E-state index contributed by atoms with van der Waals surface area (Å²) in [7, 11) is 0. The number of ether oxygens (including phenoxy) is 1. The van der Waals surface area contributed by atoms with Gasteiger partial charge < -0.3 is 9.64 Å². The van der Waals surface area contributed by atoms with E-state index < -0.39 is 5.97 Å². The molecule has 4 nitrogen and oxygen atoms in total. The van der Waals surface area contributed by atoms with Gasteiger partial charge in [0.25, 0.3) is 5.91 Å². The van der Waals surface area contributed by atoms with Crippen LogP contribution < -0.4 is 0 Å². The summed E-state index contributed by atoms with van der Waals surface area (Å²) in [4.78, 5) is 27.4. The highest BCUT2D eigenvalue weighted by atomic mass is 19.1. The number of allylic oxidation sites excluding steroid dienone is 1. The quantitative estimate of drug-likeness (QED) is 0.599. The van der Waals surface area contributed by atoms with E-state index in [2.05, 4.69) is 0 Å². The van der Waals surface area contributed by atoms with Crippen molar-refractivity contribution in [2.45, 2.75) is 52.0 Å². The average Bonchev–Trinajstić information content (AvgIpc) is 2.88. The molecule has 0 aromatic heterocycles. The third-order valence-corrected chi connectivity index (χ3v) is 5.04. The predicted octanol–water partition coefficient (Wildman–Crippen LogP) is 4.22. The molecule has 0 radical (unpaired) electrons. The molecule has 0 bridgehead atoms. The van der Waals surface area contributed by atoms with Crippen LogP contribution in [0, 0.1) is 5.82 Å². The van der Waals surface area contributed by atoms with E-state index in [0.717, 1.165) is 25.7 Å². The minimum Gasteiger partial charge on any atom is -0.462 e. The van der Waals surface area contributed by atoms with E-state index in [1.807, 2.05) is 6.92 Å². The van der Waals surface area contributed by atoms with Gasteiger partial charge in [-0.1, -0.05) is 31.4 Å². The molecule has 1 aromatic rings. The second-order valence-electron chi connectivity index (χ2n) is 6.76. The molecule has 1 aliphatic heterocycles. The van der Waals surface area contributed by atoms with E-state index in [0.29, 0.717) is 22.4 Å². The summed E-state index contributed by atoms with van der Waals surface area (Å²) in [5, 5.41) is 0. The number of nitrogens with zero attached hydrogens (tertiary/aromatic N) is 1. The number of halogens is 1. The van der Waals surface area contributed by atoms with E-state index in [4.69, 9.17) is 4.74 Å². The molecule has 1 fully saturated rings. The fourth-order valence-corrected chi connectivity index (χ4v) is 3.80. The molecule has 0 atom stereocenters. The molecule has 2 aliphatic rings. The molecule has 0 saturated heterocycles. The first-order valence-electron chi connectivity index (χ1n) is 9.22. The molecule has 1 aromatic carbocycles. The van der Waals surface area contributed by atoms with Crippen LogP contribution in [-0.4, -0.2) is 29.4 Å². The second kappa shape index (κ2) is 7.85. The Morgan fingerprint density at radius 2 is 1.88 bits per heavy atom. The Morgan fingerprint density at radius 1 is 1.23 bits per heavy atom. The van der Waals surface area contributed by atoms with Gasteiger partial charge in [0.1, 0.15) is 5.82 Å². The molecular weight excluding hydrogens is 333 g/mol. The lowest BCUT2D eigenvalue weighted by atomic mass is 9.94. The zero-order valence-electron chi connectivity index (χ0n) is 15.3. The highest BCUT2D eigenvalue weighted by molar-refractivity contribution is 6.16. The van der Waals surface area contributed by atoms with Gasteiger partial charge in [-0.15, -0.1) is 0 Å². The van der Waals surface area contributed by atoms with E-state index in [-0.39, 0.29) is 24.4 Å². The van der Waals surface area contributed by atoms with Crippen molar-refractivity contribution in [1.29, 1.82) is 0 Å². The van der Waals surface area contributed by atoms with E-state index >= 15 is 0 Å². The Labute approximate surface area is 153 Å². The molecule has 26 heavy (non-hydrogen) atoms. The number of hydrogen-bond donors (Lipinski definition) is 0. The van der Waals surface area contributed by atoms with Gasteiger partial charge in [0.2, 0.25) is 0 Å². The lowest BCUT2D eigenvalue weighted by molar-refractivity contribution is -0.138. The zero-order valence-corrected chi connectivity index (χ0v) is 15.3. The fraction of sp³-hybridized carbons (Fsp3) is 0.429. The van der Waals surface area contributed by atoms with Gasteiger partial charge in [-0.25, -0.2) is 9.18 Å². The summed E-state index contributed by atoms with van der Waals surface area (Å²) >= 11 is 0. The van der Waals surface area contributed by atoms with Crippen LogP contribution in [0.4, 0.5) is 4.39 Å². The van der Waals surface area contributed by atoms with Crippen molar-refractivity contribution < 1.29 is 18.7 Å². The third-order valence-electron chi connectivity index (χ3n) is 5.04. The van der Waals surface area contributed by atoms with Gasteiger partial charge in [-0.3, -0.25) is 4.79 Å². The van der Waals surface area contributed by atoms with Crippen LogP contribution in [0.1, 0.15) is 51.5 Å². The largest absolute Gasteiger partial charge is 0.462 e. The normalized spacial score (nSPS) is 20.2. The first-order chi connectivity index (χ1) is 12.5. The predicted molar refractivity (Wildman–Crippen MR) is 97.4 cm³/mol. The van der Waals surface area contributed by atoms with Crippen LogP contribution in [-0.2, 0) is 14.3 Å². The van der Waals surface area contributed by atoms with Gasteiger partial charge >= 0.3 is 5.97 Å². The lowest BCUT2D eigenvalue weighted by Gasteiger charge is -2.32. The number of rotatable bonds is 4. The van der Waals surface area contributed by atoms with Crippen molar-refractivity contribution in [3.63, 3.8) is 0 Å². The Bertz CT molecular complexity index is 758. The van der Waals surface area contributed by atoms with Crippen LogP contribution in [0.25, 0.3) is 6.08 Å². The summed E-state index contributed by atoms with van der Waals surface area (Å²) in [6.45, 7) is 3.80. The summed E-state index contributed by atoms with van der Waals surface area (Å²) in [6.07, 6.45) is 6.91. The topological polar surface area (TPSA) is 46.6 Å². The van der Waals surface area contributed by atoms with Crippen molar-refractivity contribution in [3.05, 3.63) is 52.5 Å². The number of hydrogen-bond acceptors (Lipinski definition) is 3. The second-order valence-corrected chi connectivity index (χ2v) is 6.76. The van der Waals surface area contributed by atoms with Gasteiger partial charge in [0.05, 0.1) is 17.8 Å². The van der Waals surface area contributed by atoms with Crippen LogP contribution in [0.15, 0.2) is 41.1 Å². The Kier molecular flexibility index (Phi) is 5.55. The first-order valence-corrected chi connectivity index (χ1v) is 9.22. The number of carbonyl (C=O) groups is 2. The molecular formula is C21H24FNO3. The molecule has 1 amide bonds. The summed E-state index contributed by atoms with van der Waals surface area (Å²) < 4.78 is 18.4. The van der Waals surface area contributed by atoms with Crippen LogP contribution >= 0.6 is 0 Å². The van der Waals surface area contributed by atoms with Crippen molar-refractivity contribution >= 4 is 18.0 Å². The molecule has 3 rings (SSSR count). The number of carbonyl (C=O) groups excluding carboxylic acids is 2. The number of amides is 1. The molecule has 5 heteroatoms. The van der Waals surface area contributed by atoms with Crippen LogP contribution in [0.5, 0.6) is 0 Å². The van der Waals surface area contributed by atoms with E-state index in [1.54, 1.807) is 30.0 Å². The molecule has 1 heterocycles. The van der Waals surface area contributed by atoms with Crippen LogP contribution in [0.3, 0.4) is 0 Å². The van der Waals surface area contributed by atoms with Crippen molar-refractivity contribution in [2.75, 3.05) is 6.61 Å². The highest BCUT2D eigenvalue weighted by Gasteiger charge is 2.40. The molecule has 1 saturated carbocycles. The lowest BCUT2D eigenvalue weighted by Crippen LogP contribution is -2.37. The molecule has 1 aliphatic carbocycles. The Hall–Kier alpha value is -2.43. The minimum atomic E-state index is -0.481. The standard InChI is InChI=1S/C21H24FNO3/c1-3-26-21(25)19-14(2)23(17-7-5-4-6-8-17)20(24)18(19)13-15-9-11-16(22)12-10-15/h9-13,17H,3-8H2,1-2H3. The maximum Gasteiger partial charge on any atom is 0.340 e. The highest BCUT2D eigenvalue weighted by Crippen LogP contribution is 2.36. The maximum absolute atomic E-state index is 13.2. The van der Waals surface area contributed by atoms with Crippen molar-refractivity contribution in [1.82, 2.24) is 4.90 Å². The summed E-state index contributed by atoms with van der Waals surface area (Å²) in [5.41, 5.74) is 1.99. The van der Waals surface area contributed by atoms with Crippen molar-refractivity contribution in [2.24, 2.45) is 0 Å². The monoisotopic (exact) mass is 357 g/mol. The summed E-state index contributed by atoms with van der Waals surface area (Å²) in [6, 6.07) is 5.99. The SMILES string of the molecule is CCOC(=O)C1=C(C)N(C2CCCCC2)C(=O)C1=Cc1ccc(F)cc1. The van der Waals surface area contributed by atoms with Gasteiger partial charge in [-0.05, 0) is 50.5 Å². The van der Waals surface area contributed by atoms with Crippen molar-refractivity contribution in [3.8, 4) is 0 Å². The number of benzene rings is 1. The fourth-order valence-electron chi connectivity index (χ4n) is 3.80. The van der Waals surface area contributed by atoms with Crippen LogP contribution in [0.2, 0.25) is 0 Å². The zero-order chi connectivity index (χ0) is 18.7. The molecule has 138 valence electrons. The minimum absolute atomic E-state index is 0.125.